The van der Waals surface area contributed by atoms with Crippen LogP contribution in [0, 0.1) is 5.92 Å². The van der Waals surface area contributed by atoms with Gasteiger partial charge in [0.1, 0.15) is 5.82 Å². The van der Waals surface area contributed by atoms with Gasteiger partial charge >= 0.3 is 0 Å². The number of aromatic nitrogens is 3. The van der Waals surface area contributed by atoms with Gasteiger partial charge < -0.3 is 15.2 Å². The fourth-order valence-corrected chi connectivity index (χ4v) is 3.37. The molecule has 3 rings (SSSR count). The highest BCUT2D eigenvalue weighted by Gasteiger charge is 2.31. The van der Waals surface area contributed by atoms with Gasteiger partial charge in [0.25, 0.3) is 0 Å². The lowest BCUT2D eigenvalue weighted by Crippen LogP contribution is -2.44. The highest BCUT2D eigenvalue weighted by atomic mass is 16.2. The predicted octanol–water partition coefficient (Wildman–Crippen LogP) is 0.700. The fraction of sp³-hybridized carbons (Fsp3) is 0.786. The number of hydrogen-bond acceptors (Lipinski definition) is 4. The molecule has 20 heavy (non-hydrogen) atoms. The molecular weight excluding hydrogens is 254 g/mol. The molecular formula is C14H23N5O. The van der Waals surface area contributed by atoms with Crippen LogP contribution in [0.5, 0.6) is 0 Å². The number of nitrogens with two attached hydrogens (primary N) is 1. The number of nitrogens with zero attached hydrogens (tertiary/aromatic N) is 4. The third-order valence-electron chi connectivity index (χ3n) is 4.58. The average molecular weight is 277 g/mol. The largest absolute Gasteiger partial charge is 0.338 e. The first-order valence-corrected chi connectivity index (χ1v) is 7.58. The van der Waals surface area contributed by atoms with Crippen molar-refractivity contribution in [1.29, 1.82) is 0 Å². The van der Waals surface area contributed by atoms with Crippen molar-refractivity contribution in [3.63, 3.8) is 0 Å². The molecule has 0 aromatic carbocycles. The maximum atomic E-state index is 12.5. The lowest BCUT2D eigenvalue weighted by Gasteiger charge is -2.30. The average Bonchev–Trinajstić information content (AvgIpc) is 3.03. The minimum atomic E-state index is -0.0188. The fourth-order valence-electron chi connectivity index (χ4n) is 3.37. The summed E-state index contributed by atoms with van der Waals surface area (Å²) in [6.45, 7) is 1.51. The number of hydrogen-bond donors (Lipinski definition) is 1. The molecule has 2 atom stereocenters. The van der Waals surface area contributed by atoms with Crippen molar-refractivity contribution in [3.05, 3.63) is 11.6 Å². The van der Waals surface area contributed by atoms with Crippen LogP contribution < -0.4 is 5.73 Å². The van der Waals surface area contributed by atoms with Crippen molar-refractivity contribution in [2.45, 2.75) is 57.7 Å². The molecule has 1 amide bonds. The second-order valence-corrected chi connectivity index (χ2v) is 6.04. The third kappa shape index (κ3) is 2.44. The first kappa shape index (κ1) is 13.5. The summed E-state index contributed by atoms with van der Waals surface area (Å²) in [5, 5.41) is 8.40. The molecule has 1 aliphatic carbocycles. The zero-order valence-corrected chi connectivity index (χ0v) is 12.1. The maximum absolute atomic E-state index is 12.5. The van der Waals surface area contributed by atoms with E-state index in [9.17, 15) is 4.79 Å². The Balaban J connectivity index is 1.66. The van der Waals surface area contributed by atoms with Gasteiger partial charge in [-0.3, -0.25) is 4.79 Å². The standard InChI is InChI=1S/C14H23N5O/c1-18(14(20)10-5-2-3-6-11(10)15)9-13-17-16-12-7-4-8-19(12)13/h10-11H,2-9,15H2,1H3. The summed E-state index contributed by atoms with van der Waals surface area (Å²) in [5.74, 6) is 2.09. The van der Waals surface area contributed by atoms with Crippen LogP contribution in [0.25, 0.3) is 0 Å². The Bertz CT molecular complexity index is 498. The molecule has 2 N–H and O–H groups in total. The predicted molar refractivity (Wildman–Crippen MR) is 74.8 cm³/mol. The van der Waals surface area contributed by atoms with Crippen LogP contribution in [0.2, 0.25) is 0 Å². The number of carbonyl (C=O) groups is 1. The van der Waals surface area contributed by atoms with E-state index in [-0.39, 0.29) is 17.9 Å². The zero-order chi connectivity index (χ0) is 14.1. The molecule has 1 fully saturated rings. The van der Waals surface area contributed by atoms with E-state index in [0.29, 0.717) is 6.54 Å². The zero-order valence-electron chi connectivity index (χ0n) is 12.1. The van der Waals surface area contributed by atoms with Crippen molar-refractivity contribution in [2.24, 2.45) is 11.7 Å². The molecule has 2 aliphatic rings. The van der Waals surface area contributed by atoms with E-state index in [1.165, 1.54) is 0 Å². The van der Waals surface area contributed by atoms with Gasteiger partial charge in [0.05, 0.1) is 12.5 Å². The SMILES string of the molecule is CN(Cc1nnc2n1CCC2)C(=O)C1CCCCC1N. The molecule has 6 nitrogen and oxygen atoms in total. The Morgan fingerprint density at radius 2 is 2.15 bits per heavy atom. The first-order chi connectivity index (χ1) is 9.66. The van der Waals surface area contributed by atoms with Gasteiger partial charge in [-0.2, -0.15) is 0 Å². The first-order valence-electron chi connectivity index (χ1n) is 7.58. The van der Waals surface area contributed by atoms with Crippen LogP contribution in [0.15, 0.2) is 0 Å². The number of fused-ring (bicyclic) bond motifs is 1. The van der Waals surface area contributed by atoms with Crippen molar-refractivity contribution in [3.8, 4) is 0 Å². The Morgan fingerprint density at radius 3 is 2.95 bits per heavy atom. The lowest BCUT2D eigenvalue weighted by molar-refractivity contribution is -0.136. The van der Waals surface area contributed by atoms with Gasteiger partial charge in [0.2, 0.25) is 5.91 Å². The highest BCUT2D eigenvalue weighted by Crippen LogP contribution is 2.25. The Labute approximate surface area is 119 Å². The van der Waals surface area contributed by atoms with Gasteiger partial charge in [-0.05, 0) is 19.3 Å². The second kappa shape index (κ2) is 5.52. The van der Waals surface area contributed by atoms with E-state index in [4.69, 9.17) is 5.73 Å². The number of aryl methyl sites for hydroxylation is 1. The van der Waals surface area contributed by atoms with Crippen molar-refractivity contribution in [1.82, 2.24) is 19.7 Å². The van der Waals surface area contributed by atoms with Gasteiger partial charge in [0.15, 0.2) is 5.82 Å². The topological polar surface area (TPSA) is 77.0 Å². The summed E-state index contributed by atoms with van der Waals surface area (Å²) in [6, 6.07) is 0.0165. The van der Waals surface area contributed by atoms with Crippen LogP contribution in [-0.2, 0) is 24.3 Å². The molecule has 1 saturated carbocycles. The summed E-state index contributed by atoms with van der Waals surface area (Å²) in [4.78, 5) is 14.3. The van der Waals surface area contributed by atoms with E-state index < -0.39 is 0 Å². The van der Waals surface area contributed by atoms with Gasteiger partial charge in [-0.1, -0.05) is 12.8 Å². The van der Waals surface area contributed by atoms with E-state index in [0.717, 1.165) is 56.7 Å². The van der Waals surface area contributed by atoms with E-state index in [1.54, 1.807) is 4.90 Å². The Hall–Kier alpha value is -1.43. The molecule has 1 aliphatic heterocycles. The van der Waals surface area contributed by atoms with E-state index >= 15 is 0 Å². The van der Waals surface area contributed by atoms with Crippen molar-refractivity contribution < 1.29 is 4.79 Å². The molecule has 0 saturated heterocycles. The van der Waals surface area contributed by atoms with E-state index in [1.807, 2.05) is 7.05 Å². The summed E-state index contributed by atoms with van der Waals surface area (Å²) in [7, 11) is 1.85. The number of carbonyl (C=O) groups excluding carboxylic acids is 1. The van der Waals surface area contributed by atoms with Crippen LogP contribution in [0.1, 0.15) is 43.8 Å². The molecule has 2 heterocycles. The van der Waals surface area contributed by atoms with Crippen molar-refractivity contribution in [2.75, 3.05) is 7.05 Å². The molecule has 0 radical (unpaired) electrons. The Morgan fingerprint density at radius 1 is 1.35 bits per heavy atom. The van der Waals surface area contributed by atoms with Gasteiger partial charge in [-0.25, -0.2) is 0 Å². The van der Waals surface area contributed by atoms with Gasteiger partial charge in [-0.15, -0.1) is 10.2 Å². The van der Waals surface area contributed by atoms with Crippen molar-refractivity contribution >= 4 is 5.91 Å². The Kier molecular flexibility index (Phi) is 3.74. The summed E-state index contributed by atoms with van der Waals surface area (Å²) in [6.07, 6.45) is 6.26. The molecule has 1 aromatic heterocycles. The highest BCUT2D eigenvalue weighted by molar-refractivity contribution is 5.79. The quantitative estimate of drug-likeness (QED) is 0.882. The molecule has 0 bridgehead atoms. The summed E-state index contributed by atoms with van der Waals surface area (Å²) < 4.78 is 2.14. The van der Waals surface area contributed by atoms with Crippen LogP contribution in [-0.4, -0.2) is 38.7 Å². The van der Waals surface area contributed by atoms with E-state index in [2.05, 4.69) is 14.8 Å². The van der Waals surface area contributed by atoms with Crippen LogP contribution in [0.3, 0.4) is 0 Å². The smallest absolute Gasteiger partial charge is 0.227 e. The van der Waals surface area contributed by atoms with Crippen LogP contribution >= 0.6 is 0 Å². The minimum absolute atomic E-state index is 0.0165. The number of rotatable bonds is 3. The lowest BCUT2D eigenvalue weighted by atomic mass is 9.84. The van der Waals surface area contributed by atoms with Crippen LogP contribution in [0.4, 0.5) is 0 Å². The summed E-state index contributed by atoms with van der Waals surface area (Å²) >= 11 is 0. The maximum Gasteiger partial charge on any atom is 0.227 e. The normalized spacial score (nSPS) is 25.5. The monoisotopic (exact) mass is 277 g/mol. The minimum Gasteiger partial charge on any atom is -0.338 e. The molecule has 0 spiro atoms. The third-order valence-corrected chi connectivity index (χ3v) is 4.58. The molecule has 6 heteroatoms. The molecule has 1 aromatic rings. The second-order valence-electron chi connectivity index (χ2n) is 6.04. The molecule has 110 valence electrons. The summed E-state index contributed by atoms with van der Waals surface area (Å²) in [5.41, 5.74) is 6.10. The van der Waals surface area contributed by atoms with Gasteiger partial charge in [0, 0.05) is 26.1 Å². The molecule has 2 unspecified atom stereocenters. The number of amides is 1.